The van der Waals surface area contributed by atoms with Crippen LogP contribution >= 0.6 is 0 Å². The fourth-order valence-electron chi connectivity index (χ4n) is 1.32. The molecule has 0 aliphatic carbocycles. The Kier molecular flexibility index (Phi) is 4.75. The Balaban J connectivity index is 2.47. The molecule has 0 saturated heterocycles. The Bertz CT molecular complexity index is 408. The average Bonchev–Trinajstić information content (AvgIpc) is 2.30. The highest BCUT2D eigenvalue weighted by Gasteiger charge is 2.07. The van der Waals surface area contributed by atoms with Gasteiger partial charge in [0, 0.05) is 25.2 Å². The minimum atomic E-state index is -0.479. The lowest BCUT2D eigenvalue weighted by Gasteiger charge is -2.09. The molecule has 0 aromatic heterocycles. The average molecular weight is 240 g/mol. The number of aryl methyl sites for hydroxylation is 1. The standard InChI is InChI=1S/C12H17FN2O2/c1-8-6-11(9(13)7-10(8)14)17-5-3-4-12(16)15-2/h6-7H,3-5,14H2,1-2H3,(H,15,16). The summed E-state index contributed by atoms with van der Waals surface area (Å²) in [4.78, 5) is 10.9. The number of carbonyl (C=O) groups excluding carboxylic acids is 1. The first kappa shape index (κ1) is 13.3. The van der Waals surface area contributed by atoms with Gasteiger partial charge in [-0.15, -0.1) is 0 Å². The molecule has 0 aliphatic heterocycles. The lowest BCUT2D eigenvalue weighted by Crippen LogP contribution is -2.18. The van der Waals surface area contributed by atoms with Crippen molar-refractivity contribution in [2.45, 2.75) is 19.8 Å². The Hall–Kier alpha value is -1.78. The zero-order valence-electron chi connectivity index (χ0n) is 10.0. The van der Waals surface area contributed by atoms with Crippen molar-refractivity contribution in [3.05, 3.63) is 23.5 Å². The lowest BCUT2D eigenvalue weighted by molar-refractivity contribution is -0.120. The van der Waals surface area contributed by atoms with Crippen molar-refractivity contribution in [3.63, 3.8) is 0 Å². The van der Waals surface area contributed by atoms with Crippen LogP contribution in [-0.2, 0) is 4.79 Å². The van der Waals surface area contributed by atoms with Crippen molar-refractivity contribution in [3.8, 4) is 5.75 Å². The number of amides is 1. The second-order valence-corrected chi connectivity index (χ2v) is 3.76. The van der Waals surface area contributed by atoms with Crippen LogP contribution < -0.4 is 15.8 Å². The molecule has 0 fully saturated rings. The quantitative estimate of drug-likeness (QED) is 0.607. The maximum absolute atomic E-state index is 13.4. The third-order valence-corrected chi connectivity index (χ3v) is 2.41. The summed E-state index contributed by atoms with van der Waals surface area (Å²) in [5.41, 5.74) is 6.73. The van der Waals surface area contributed by atoms with E-state index in [9.17, 15) is 9.18 Å². The van der Waals surface area contributed by atoms with Crippen LogP contribution in [0.15, 0.2) is 12.1 Å². The van der Waals surface area contributed by atoms with Crippen molar-refractivity contribution < 1.29 is 13.9 Å². The van der Waals surface area contributed by atoms with E-state index in [2.05, 4.69) is 5.32 Å². The van der Waals surface area contributed by atoms with E-state index in [0.717, 1.165) is 5.56 Å². The van der Waals surface area contributed by atoms with Gasteiger partial charge in [-0.3, -0.25) is 4.79 Å². The molecule has 0 radical (unpaired) electrons. The van der Waals surface area contributed by atoms with Crippen LogP contribution in [-0.4, -0.2) is 19.6 Å². The minimum Gasteiger partial charge on any atom is -0.490 e. The van der Waals surface area contributed by atoms with E-state index in [-0.39, 0.29) is 11.7 Å². The topological polar surface area (TPSA) is 64.3 Å². The van der Waals surface area contributed by atoms with Gasteiger partial charge in [0.25, 0.3) is 0 Å². The summed E-state index contributed by atoms with van der Waals surface area (Å²) in [5.74, 6) is -0.357. The second-order valence-electron chi connectivity index (χ2n) is 3.76. The van der Waals surface area contributed by atoms with Gasteiger partial charge in [-0.1, -0.05) is 0 Å². The predicted octanol–water partition coefficient (Wildman–Crippen LogP) is 1.62. The molecule has 5 heteroatoms. The summed E-state index contributed by atoms with van der Waals surface area (Å²) in [7, 11) is 1.58. The zero-order chi connectivity index (χ0) is 12.8. The molecule has 0 aliphatic rings. The minimum absolute atomic E-state index is 0.0532. The van der Waals surface area contributed by atoms with E-state index in [1.807, 2.05) is 0 Å². The molecule has 4 nitrogen and oxygen atoms in total. The largest absolute Gasteiger partial charge is 0.490 e. The Morgan fingerprint density at radius 1 is 1.53 bits per heavy atom. The van der Waals surface area contributed by atoms with Crippen LogP contribution in [0.3, 0.4) is 0 Å². The number of nitrogens with one attached hydrogen (secondary N) is 1. The summed E-state index contributed by atoms with van der Waals surface area (Å²) in [6.45, 7) is 2.08. The molecule has 3 N–H and O–H groups in total. The number of benzene rings is 1. The fourth-order valence-corrected chi connectivity index (χ4v) is 1.32. The summed E-state index contributed by atoms with van der Waals surface area (Å²) < 4.78 is 18.7. The molecular weight excluding hydrogens is 223 g/mol. The smallest absolute Gasteiger partial charge is 0.219 e. The van der Waals surface area contributed by atoms with E-state index in [1.54, 1.807) is 20.0 Å². The van der Waals surface area contributed by atoms with E-state index in [4.69, 9.17) is 10.5 Å². The van der Waals surface area contributed by atoms with Crippen molar-refractivity contribution >= 4 is 11.6 Å². The number of carbonyl (C=O) groups is 1. The van der Waals surface area contributed by atoms with Crippen molar-refractivity contribution in [2.75, 3.05) is 19.4 Å². The third kappa shape index (κ3) is 3.94. The molecule has 0 atom stereocenters. The van der Waals surface area contributed by atoms with E-state index in [0.29, 0.717) is 25.1 Å². The normalized spacial score (nSPS) is 10.1. The summed E-state index contributed by atoms with van der Waals surface area (Å²) in [6.07, 6.45) is 0.911. The van der Waals surface area contributed by atoms with Gasteiger partial charge >= 0.3 is 0 Å². The highest BCUT2D eigenvalue weighted by molar-refractivity contribution is 5.75. The van der Waals surface area contributed by atoms with Gasteiger partial charge < -0.3 is 15.8 Å². The summed E-state index contributed by atoms with van der Waals surface area (Å²) in [5, 5.41) is 2.51. The van der Waals surface area contributed by atoms with E-state index in [1.165, 1.54) is 6.07 Å². The van der Waals surface area contributed by atoms with Gasteiger partial charge in [0.05, 0.1) is 6.61 Å². The van der Waals surface area contributed by atoms with Gasteiger partial charge in [-0.2, -0.15) is 0 Å². The number of nitrogen functional groups attached to an aromatic ring is 1. The van der Waals surface area contributed by atoms with Gasteiger partial charge in [-0.05, 0) is 25.0 Å². The van der Waals surface area contributed by atoms with Crippen LogP contribution in [0.4, 0.5) is 10.1 Å². The van der Waals surface area contributed by atoms with Crippen LogP contribution in [0.2, 0.25) is 0 Å². The Morgan fingerprint density at radius 2 is 2.24 bits per heavy atom. The molecule has 0 spiro atoms. The number of nitrogens with two attached hydrogens (primary N) is 1. The molecule has 0 saturated carbocycles. The predicted molar refractivity (Wildman–Crippen MR) is 64.3 cm³/mol. The third-order valence-electron chi connectivity index (χ3n) is 2.41. The van der Waals surface area contributed by atoms with Crippen molar-refractivity contribution in [1.82, 2.24) is 5.32 Å². The first-order chi connectivity index (χ1) is 8.04. The van der Waals surface area contributed by atoms with Crippen LogP contribution in [0, 0.1) is 12.7 Å². The molecule has 0 bridgehead atoms. The number of hydrogen-bond acceptors (Lipinski definition) is 3. The van der Waals surface area contributed by atoms with Crippen LogP contribution in [0.1, 0.15) is 18.4 Å². The number of rotatable bonds is 5. The molecule has 1 amide bonds. The van der Waals surface area contributed by atoms with Gasteiger partial charge in [0.2, 0.25) is 5.91 Å². The Morgan fingerprint density at radius 3 is 2.88 bits per heavy atom. The second kappa shape index (κ2) is 6.08. The van der Waals surface area contributed by atoms with Gasteiger partial charge in [0.1, 0.15) is 0 Å². The summed E-state index contributed by atoms with van der Waals surface area (Å²) in [6, 6.07) is 2.80. The fraction of sp³-hybridized carbons (Fsp3) is 0.417. The molecule has 0 heterocycles. The maximum atomic E-state index is 13.4. The van der Waals surface area contributed by atoms with Gasteiger partial charge in [-0.25, -0.2) is 4.39 Å². The molecule has 1 aromatic rings. The Labute approximate surface area is 100.0 Å². The molecule has 1 rings (SSSR count). The van der Waals surface area contributed by atoms with Gasteiger partial charge in [0.15, 0.2) is 11.6 Å². The first-order valence-corrected chi connectivity index (χ1v) is 5.43. The monoisotopic (exact) mass is 240 g/mol. The molecule has 94 valence electrons. The SMILES string of the molecule is CNC(=O)CCCOc1cc(C)c(N)cc1F. The van der Waals surface area contributed by atoms with Crippen LogP contribution in [0.25, 0.3) is 0 Å². The zero-order valence-corrected chi connectivity index (χ0v) is 10.0. The van der Waals surface area contributed by atoms with Crippen molar-refractivity contribution in [1.29, 1.82) is 0 Å². The van der Waals surface area contributed by atoms with Crippen LogP contribution in [0.5, 0.6) is 5.75 Å². The van der Waals surface area contributed by atoms with E-state index < -0.39 is 5.82 Å². The number of halogens is 1. The highest BCUT2D eigenvalue weighted by atomic mass is 19.1. The van der Waals surface area contributed by atoms with E-state index >= 15 is 0 Å². The maximum Gasteiger partial charge on any atom is 0.219 e. The molecular formula is C12H17FN2O2. The number of ether oxygens (including phenoxy) is 1. The molecule has 1 aromatic carbocycles. The summed E-state index contributed by atoms with van der Waals surface area (Å²) >= 11 is 0. The number of anilines is 1. The molecule has 17 heavy (non-hydrogen) atoms. The molecule has 0 unspecified atom stereocenters. The van der Waals surface area contributed by atoms with Crippen molar-refractivity contribution in [2.24, 2.45) is 0 Å². The number of hydrogen-bond donors (Lipinski definition) is 2. The first-order valence-electron chi connectivity index (χ1n) is 5.43. The lowest BCUT2D eigenvalue weighted by atomic mass is 10.2. The highest BCUT2D eigenvalue weighted by Crippen LogP contribution is 2.23.